The monoisotopic (exact) mass is 518 g/mol. The number of piperidine rings is 1. The highest BCUT2D eigenvalue weighted by atomic mass is 19.3. The van der Waals surface area contributed by atoms with E-state index < -0.39 is 12.5 Å². The van der Waals surface area contributed by atoms with Crippen molar-refractivity contribution in [3.05, 3.63) is 59.9 Å². The van der Waals surface area contributed by atoms with Gasteiger partial charge < -0.3 is 20.4 Å². The second-order valence-electron chi connectivity index (χ2n) is 9.76. The number of halogens is 2. The zero-order valence-electron chi connectivity index (χ0n) is 21.0. The Labute approximate surface area is 219 Å². The summed E-state index contributed by atoms with van der Waals surface area (Å²) in [6.45, 7) is 1.61. The Balaban J connectivity index is 1.29. The van der Waals surface area contributed by atoms with Crippen molar-refractivity contribution < 1.29 is 13.6 Å². The predicted octanol–water partition coefficient (Wildman–Crippen LogP) is 3.82. The summed E-state index contributed by atoms with van der Waals surface area (Å²) in [5, 5.41) is 15.9. The van der Waals surface area contributed by atoms with E-state index in [1.165, 1.54) is 11.1 Å². The summed E-state index contributed by atoms with van der Waals surface area (Å²) in [5.41, 5.74) is 2.47. The van der Waals surface area contributed by atoms with Gasteiger partial charge in [0, 0.05) is 48.2 Å². The minimum absolute atomic E-state index is 0.121. The van der Waals surface area contributed by atoms with E-state index in [9.17, 15) is 18.8 Å². The molecule has 0 atom stereocenters. The molecule has 1 aromatic carbocycles. The number of nitriles is 1. The fourth-order valence-electron chi connectivity index (χ4n) is 4.72. The van der Waals surface area contributed by atoms with Gasteiger partial charge in [0.25, 0.3) is 11.8 Å². The Morgan fingerprint density at radius 3 is 2.71 bits per heavy atom. The molecule has 38 heavy (non-hydrogen) atoms. The van der Waals surface area contributed by atoms with Gasteiger partial charge in [0.05, 0.1) is 17.8 Å². The molecule has 196 valence electrons. The van der Waals surface area contributed by atoms with Crippen molar-refractivity contribution in [2.75, 3.05) is 43.4 Å². The molecule has 0 bridgehead atoms. The van der Waals surface area contributed by atoms with Gasteiger partial charge >= 0.3 is 0 Å². The first kappa shape index (κ1) is 25.5. The molecule has 2 fully saturated rings. The number of nitrogens with zero attached hydrogens (tertiary/aromatic N) is 6. The van der Waals surface area contributed by atoms with Crippen molar-refractivity contribution in [3.63, 3.8) is 0 Å². The molecule has 0 unspecified atom stereocenters. The number of anilines is 3. The van der Waals surface area contributed by atoms with Gasteiger partial charge in [-0.2, -0.15) is 5.26 Å². The maximum Gasteiger partial charge on any atom is 0.266 e. The van der Waals surface area contributed by atoms with Gasteiger partial charge in [-0.1, -0.05) is 6.07 Å². The van der Waals surface area contributed by atoms with Crippen LogP contribution in [0.1, 0.15) is 35.2 Å². The van der Waals surface area contributed by atoms with Gasteiger partial charge in [-0.3, -0.25) is 4.79 Å². The van der Waals surface area contributed by atoms with Crippen molar-refractivity contribution in [1.82, 2.24) is 25.2 Å². The summed E-state index contributed by atoms with van der Waals surface area (Å²) in [6.07, 6.45) is 4.68. The molecule has 0 spiro atoms. The number of likely N-dealkylation sites (tertiary alicyclic amines) is 1. The highest BCUT2D eigenvalue weighted by molar-refractivity contribution is 5.95. The lowest BCUT2D eigenvalue weighted by molar-refractivity contribution is 0.0256. The molecular weight excluding hydrogens is 490 g/mol. The highest BCUT2D eigenvalue weighted by Gasteiger charge is 2.39. The standard InChI is InChI=1S/C27H28F2N8O/c1-36-10-6-21(7-11-36)33-25(38)18-3-2-4-22(14-18)34-26-31-9-5-23(35-26)20-13-19(15-30)24(32-16-20)37-12-8-27(28,29)17-37/h2-5,9,13-14,16,21H,6-8,10-12,17H2,1H3,(H,33,38)(H,31,34,35). The number of nitrogens with one attached hydrogen (secondary N) is 2. The third-order valence-electron chi connectivity index (χ3n) is 6.84. The molecule has 11 heteroatoms. The molecule has 1 amide bonds. The van der Waals surface area contributed by atoms with Crippen molar-refractivity contribution in [2.24, 2.45) is 0 Å². The van der Waals surface area contributed by atoms with Crippen molar-refractivity contribution >= 4 is 23.4 Å². The fraction of sp³-hybridized carbons (Fsp3) is 0.370. The molecule has 2 saturated heterocycles. The van der Waals surface area contributed by atoms with Crippen LogP contribution in [-0.2, 0) is 0 Å². The number of aromatic nitrogens is 3. The van der Waals surface area contributed by atoms with Gasteiger partial charge in [-0.15, -0.1) is 0 Å². The smallest absolute Gasteiger partial charge is 0.266 e. The number of hydrogen-bond donors (Lipinski definition) is 2. The minimum Gasteiger partial charge on any atom is -0.349 e. The van der Waals surface area contributed by atoms with Crippen molar-refractivity contribution in [2.45, 2.75) is 31.2 Å². The average Bonchev–Trinajstić information content (AvgIpc) is 3.29. The number of hydrogen-bond acceptors (Lipinski definition) is 8. The van der Waals surface area contributed by atoms with Crippen molar-refractivity contribution in [3.8, 4) is 17.3 Å². The van der Waals surface area contributed by atoms with E-state index in [-0.39, 0.29) is 36.3 Å². The lowest BCUT2D eigenvalue weighted by Gasteiger charge is -2.29. The minimum atomic E-state index is -2.79. The quantitative estimate of drug-likeness (QED) is 0.507. The van der Waals surface area contributed by atoms with E-state index >= 15 is 0 Å². The number of amides is 1. The van der Waals surface area contributed by atoms with E-state index in [4.69, 9.17) is 0 Å². The summed E-state index contributed by atoms with van der Waals surface area (Å²) in [6, 6.07) is 12.6. The number of pyridine rings is 1. The van der Waals surface area contributed by atoms with Gasteiger partial charge in [-0.25, -0.2) is 23.7 Å². The SMILES string of the molecule is CN1CCC(NC(=O)c2cccc(Nc3nccc(-c4cnc(N5CCC(F)(F)C5)c(C#N)c4)n3)c2)CC1. The Kier molecular flexibility index (Phi) is 7.15. The van der Waals surface area contributed by atoms with Crippen LogP contribution < -0.4 is 15.5 Å². The summed E-state index contributed by atoms with van der Waals surface area (Å²) in [4.78, 5) is 29.6. The predicted molar refractivity (Wildman–Crippen MR) is 139 cm³/mol. The normalized spacial score (nSPS) is 17.7. The fourth-order valence-corrected chi connectivity index (χ4v) is 4.72. The Morgan fingerprint density at radius 1 is 1.16 bits per heavy atom. The molecule has 0 saturated carbocycles. The van der Waals surface area contributed by atoms with Crippen LogP contribution in [0.2, 0.25) is 0 Å². The molecule has 4 heterocycles. The number of alkyl halides is 2. The maximum atomic E-state index is 13.7. The number of rotatable bonds is 6. The van der Waals surface area contributed by atoms with Crippen LogP contribution in [0.5, 0.6) is 0 Å². The van der Waals surface area contributed by atoms with Gasteiger partial charge in [0.15, 0.2) is 0 Å². The third kappa shape index (κ3) is 5.86. The van der Waals surface area contributed by atoms with Crippen LogP contribution in [-0.4, -0.2) is 71.0 Å². The topological polar surface area (TPSA) is 110 Å². The first-order valence-corrected chi connectivity index (χ1v) is 12.5. The first-order valence-electron chi connectivity index (χ1n) is 12.5. The number of benzene rings is 1. The molecule has 2 N–H and O–H groups in total. The number of carbonyl (C=O) groups excluding carboxylic acids is 1. The zero-order chi connectivity index (χ0) is 26.7. The van der Waals surface area contributed by atoms with Crippen LogP contribution in [0, 0.1) is 11.3 Å². The van der Waals surface area contributed by atoms with Gasteiger partial charge in [0.2, 0.25) is 5.95 Å². The molecule has 2 aliphatic heterocycles. The average molecular weight is 519 g/mol. The molecule has 2 aromatic heterocycles. The molecule has 0 aliphatic carbocycles. The second-order valence-corrected chi connectivity index (χ2v) is 9.76. The molecule has 2 aliphatic rings. The molecule has 9 nitrogen and oxygen atoms in total. The Morgan fingerprint density at radius 2 is 1.97 bits per heavy atom. The van der Waals surface area contributed by atoms with Crippen LogP contribution in [0.25, 0.3) is 11.3 Å². The van der Waals surface area contributed by atoms with Crippen LogP contribution in [0.15, 0.2) is 48.8 Å². The summed E-state index contributed by atoms with van der Waals surface area (Å²) < 4.78 is 27.3. The summed E-state index contributed by atoms with van der Waals surface area (Å²) in [7, 11) is 2.08. The lowest BCUT2D eigenvalue weighted by Crippen LogP contribution is -2.43. The van der Waals surface area contributed by atoms with Crippen LogP contribution in [0.3, 0.4) is 0 Å². The van der Waals surface area contributed by atoms with Crippen LogP contribution >= 0.6 is 0 Å². The van der Waals surface area contributed by atoms with Crippen molar-refractivity contribution in [1.29, 1.82) is 5.26 Å². The Hall–Kier alpha value is -4.17. The first-order chi connectivity index (χ1) is 18.3. The van der Waals surface area contributed by atoms with E-state index in [0.717, 1.165) is 25.9 Å². The van der Waals surface area contributed by atoms with E-state index in [1.807, 2.05) is 6.07 Å². The molecule has 5 rings (SSSR count). The highest BCUT2D eigenvalue weighted by Crippen LogP contribution is 2.32. The maximum absolute atomic E-state index is 13.7. The van der Waals surface area contributed by atoms with Crippen LogP contribution in [0.4, 0.5) is 26.2 Å². The van der Waals surface area contributed by atoms with E-state index in [1.54, 1.807) is 36.5 Å². The summed E-state index contributed by atoms with van der Waals surface area (Å²) in [5.74, 6) is -2.36. The summed E-state index contributed by atoms with van der Waals surface area (Å²) >= 11 is 0. The largest absolute Gasteiger partial charge is 0.349 e. The second kappa shape index (κ2) is 10.7. The van der Waals surface area contributed by atoms with E-state index in [0.29, 0.717) is 28.5 Å². The molecule has 3 aromatic rings. The van der Waals surface area contributed by atoms with Gasteiger partial charge in [-0.05, 0) is 63.3 Å². The zero-order valence-corrected chi connectivity index (χ0v) is 21.0. The lowest BCUT2D eigenvalue weighted by atomic mass is 10.0. The van der Waals surface area contributed by atoms with Gasteiger partial charge in [0.1, 0.15) is 11.9 Å². The third-order valence-corrected chi connectivity index (χ3v) is 6.84. The Bertz CT molecular complexity index is 1370. The van der Waals surface area contributed by atoms with E-state index in [2.05, 4.69) is 43.6 Å². The molecular formula is C27H28F2N8O. The molecule has 0 radical (unpaired) electrons. The number of carbonyl (C=O) groups is 1.